The number of halogens is 1. The summed E-state index contributed by atoms with van der Waals surface area (Å²) in [5, 5.41) is 6.69. The van der Waals surface area contributed by atoms with Crippen LogP contribution in [0.3, 0.4) is 0 Å². The molecule has 0 aromatic heterocycles. The molecule has 0 aliphatic carbocycles. The highest BCUT2D eigenvalue weighted by Gasteiger charge is 2.13. The number of hydrogen-bond acceptors (Lipinski definition) is 2. The van der Waals surface area contributed by atoms with E-state index >= 15 is 0 Å². The predicted octanol–water partition coefficient (Wildman–Crippen LogP) is 3.87. The van der Waals surface area contributed by atoms with Crippen molar-refractivity contribution in [2.75, 3.05) is 12.4 Å². The minimum atomic E-state index is -0.0996. The van der Waals surface area contributed by atoms with Gasteiger partial charge in [-0.2, -0.15) is 0 Å². The van der Waals surface area contributed by atoms with Gasteiger partial charge >= 0.3 is 0 Å². The third-order valence-corrected chi connectivity index (χ3v) is 3.41. The molecule has 0 bridgehead atoms. The Kier molecular flexibility index (Phi) is 4.64. The van der Waals surface area contributed by atoms with Gasteiger partial charge in [0.25, 0.3) is 5.91 Å². The van der Waals surface area contributed by atoms with E-state index in [2.05, 4.69) is 10.6 Å². The monoisotopic (exact) mass is 288 g/mol. The molecule has 1 unspecified atom stereocenters. The van der Waals surface area contributed by atoms with Gasteiger partial charge in [-0.1, -0.05) is 35.9 Å². The molecule has 2 aromatic carbocycles. The van der Waals surface area contributed by atoms with Crippen molar-refractivity contribution in [3.63, 3.8) is 0 Å². The quantitative estimate of drug-likeness (QED) is 0.896. The number of benzene rings is 2. The first-order valence-electron chi connectivity index (χ1n) is 6.45. The Morgan fingerprint density at radius 1 is 1.10 bits per heavy atom. The van der Waals surface area contributed by atoms with Crippen LogP contribution in [0.5, 0.6) is 0 Å². The molecule has 1 atom stereocenters. The van der Waals surface area contributed by atoms with Crippen LogP contribution in [0.2, 0.25) is 5.02 Å². The van der Waals surface area contributed by atoms with Crippen LogP contribution in [0.15, 0.2) is 48.5 Å². The topological polar surface area (TPSA) is 41.1 Å². The first kappa shape index (κ1) is 14.4. The van der Waals surface area contributed by atoms with Gasteiger partial charge in [-0.3, -0.25) is 4.79 Å². The molecule has 20 heavy (non-hydrogen) atoms. The van der Waals surface area contributed by atoms with Crippen molar-refractivity contribution < 1.29 is 4.79 Å². The van der Waals surface area contributed by atoms with Crippen LogP contribution in [0.25, 0.3) is 0 Å². The van der Waals surface area contributed by atoms with Crippen molar-refractivity contribution in [3.8, 4) is 0 Å². The van der Waals surface area contributed by atoms with Crippen LogP contribution in [0, 0.1) is 0 Å². The number of carbonyl (C=O) groups is 1. The van der Waals surface area contributed by atoms with Gasteiger partial charge in [0.2, 0.25) is 0 Å². The minimum Gasteiger partial charge on any atom is -0.387 e. The van der Waals surface area contributed by atoms with E-state index in [1.54, 1.807) is 13.1 Å². The average Bonchev–Trinajstić information content (AvgIpc) is 2.47. The Morgan fingerprint density at radius 3 is 2.40 bits per heavy atom. The lowest BCUT2D eigenvalue weighted by molar-refractivity contribution is 0.0940. The number of carbonyl (C=O) groups excluding carboxylic acids is 1. The number of amides is 1. The second-order valence-corrected chi connectivity index (χ2v) is 4.98. The third kappa shape index (κ3) is 3.31. The Balaban J connectivity index is 2.13. The molecule has 104 valence electrons. The molecule has 0 heterocycles. The van der Waals surface area contributed by atoms with Crippen molar-refractivity contribution in [1.29, 1.82) is 0 Å². The zero-order valence-corrected chi connectivity index (χ0v) is 12.2. The van der Waals surface area contributed by atoms with E-state index in [1.165, 1.54) is 0 Å². The smallest absolute Gasteiger partial charge is 0.253 e. The molecule has 0 radical (unpaired) electrons. The lowest BCUT2D eigenvalue weighted by Crippen LogP contribution is -2.27. The van der Waals surface area contributed by atoms with Crippen molar-refractivity contribution in [1.82, 2.24) is 5.32 Å². The van der Waals surface area contributed by atoms with Crippen LogP contribution < -0.4 is 10.6 Å². The second-order valence-electron chi connectivity index (χ2n) is 4.54. The molecular formula is C16H17ClN2O. The summed E-state index contributed by atoms with van der Waals surface area (Å²) in [5.74, 6) is -0.0996. The van der Waals surface area contributed by atoms with Crippen LogP contribution in [-0.4, -0.2) is 13.0 Å². The van der Waals surface area contributed by atoms with Gasteiger partial charge in [0, 0.05) is 17.8 Å². The standard InChI is InChI=1S/C16H17ClN2O/c1-11(12-7-9-13(17)10-8-12)19-16(20)14-5-3-4-6-15(14)18-2/h3-11,18H,1-2H3,(H,19,20). The van der Waals surface area contributed by atoms with E-state index in [0.717, 1.165) is 11.3 Å². The van der Waals surface area contributed by atoms with Gasteiger partial charge in [0.1, 0.15) is 0 Å². The van der Waals surface area contributed by atoms with E-state index < -0.39 is 0 Å². The van der Waals surface area contributed by atoms with Gasteiger partial charge < -0.3 is 10.6 Å². The first-order chi connectivity index (χ1) is 9.61. The SMILES string of the molecule is CNc1ccccc1C(=O)NC(C)c1ccc(Cl)cc1. The maximum atomic E-state index is 12.3. The number of rotatable bonds is 4. The number of hydrogen-bond donors (Lipinski definition) is 2. The van der Waals surface area contributed by atoms with Crippen LogP contribution >= 0.6 is 11.6 Å². The Labute approximate surface area is 124 Å². The van der Waals surface area contributed by atoms with E-state index in [0.29, 0.717) is 10.6 Å². The maximum Gasteiger partial charge on any atom is 0.253 e. The lowest BCUT2D eigenvalue weighted by atomic mass is 10.1. The zero-order valence-electron chi connectivity index (χ0n) is 11.5. The Bertz CT molecular complexity index is 596. The average molecular weight is 289 g/mol. The molecule has 0 spiro atoms. The fraction of sp³-hybridized carbons (Fsp3) is 0.188. The van der Waals surface area contributed by atoms with E-state index in [4.69, 9.17) is 11.6 Å². The molecular weight excluding hydrogens is 272 g/mol. The van der Waals surface area contributed by atoms with Gasteiger partial charge in [0.15, 0.2) is 0 Å². The van der Waals surface area contributed by atoms with E-state index in [9.17, 15) is 4.79 Å². The van der Waals surface area contributed by atoms with E-state index in [-0.39, 0.29) is 11.9 Å². The van der Waals surface area contributed by atoms with Crippen LogP contribution in [0.4, 0.5) is 5.69 Å². The largest absolute Gasteiger partial charge is 0.387 e. The molecule has 2 N–H and O–H groups in total. The summed E-state index contributed by atoms with van der Waals surface area (Å²) in [6.07, 6.45) is 0. The lowest BCUT2D eigenvalue weighted by Gasteiger charge is -2.16. The second kappa shape index (κ2) is 6.44. The normalized spacial score (nSPS) is 11.8. The molecule has 0 aliphatic heterocycles. The molecule has 4 heteroatoms. The van der Waals surface area contributed by atoms with Crippen LogP contribution in [-0.2, 0) is 0 Å². The fourth-order valence-electron chi connectivity index (χ4n) is 2.01. The van der Waals surface area contributed by atoms with Gasteiger partial charge in [-0.25, -0.2) is 0 Å². The highest BCUT2D eigenvalue weighted by atomic mass is 35.5. The molecule has 0 saturated heterocycles. The summed E-state index contributed by atoms with van der Waals surface area (Å²) in [4.78, 5) is 12.3. The van der Waals surface area contributed by atoms with E-state index in [1.807, 2.05) is 49.4 Å². The van der Waals surface area contributed by atoms with Crippen molar-refractivity contribution in [3.05, 3.63) is 64.7 Å². The van der Waals surface area contributed by atoms with Gasteiger partial charge in [-0.15, -0.1) is 0 Å². The summed E-state index contributed by atoms with van der Waals surface area (Å²) in [6, 6.07) is 14.8. The minimum absolute atomic E-state index is 0.0790. The first-order valence-corrected chi connectivity index (χ1v) is 6.82. The summed E-state index contributed by atoms with van der Waals surface area (Å²) < 4.78 is 0. The molecule has 2 aromatic rings. The van der Waals surface area contributed by atoms with Crippen molar-refractivity contribution in [2.24, 2.45) is 0 Å². The molecule has 3 nitrogen and oxygen atoms in total. The molecule has 0 saturated carbocycles. The number of anilines is 1. The van der Waals surface area contributed by atoms with Crippen LogP contribution in [0.1, 0.15) is 28.9 Å². The zero-order chi connectivity index (χ0) is 14.5. The molecule has 2 rings (SSSR count). The molecule has 1 amide bonds. The molecule has 0 aliphatic rings. The number of para-hydroxylation sites is 1. The maximum absolute atomic E-state index is 12.3. The fourth-order valence-corrected chi connectivity index (χ4v) is 2.13. The third-order valence-electron chi connectivity index (χ3n) is 3.16. The summed E-state index contributed by atoms with van der Waals surface area (Å²) in [7, 11) is 1.80. The summed E-state index contributed by atoms with van der Waals surface area (Å²) >= 11 is 5.86. The Morgan fingerprint density at radius 2 is 1.75 bits per heavy atom. The summed E-state index contributed by atoms with van der Waals surface area (Å²) in [5.41, 5.74) is 2.47. The summed E-state index contributed by atoms with van der Waals surface area (Å²) in [6.45, 7) is 1.95. The van der Waals surface area contributed by atoms with Gasteiger partial charge in [0.05, 0.1) is 11.6 Å². The van der Waals surface area contributed by atoms with Gasteiger partial charge in [-0.05, 0) is 36.8 Å². The van der Waals surface area contributed by atoms with Crippen molar-refractivity contribution >= 4 is 23.2 Å². The predicted molar refractivity (Wildman–Crippen MR) is 83.3 cm³/mol. The highest BCUT2D eigenvalue weighted by molar-refractivity contribution is 6.30. The highest BCUT2D eigenvalue weighted by Crippen LogP contribution is 2.18. The molecule has 0 fully saturated rings. The van der Waals surface area contributed by atoms with Crippen molar-refractivity contribution in [2.45, 2.75) is 13.0 Å². The Hall–Kier alpha value is -2.00. The number of nitrogens with one attached hydrogen (secondary N) is 2.